The van der Waals surface area contributed by atoms with Crippen molar-refractivity contribution < 1.29 is 22.8 Å². The van der Waals surface area contributed by atoms with E-state index >= 15 is 0 Å². The minimum absolute atomic E-state index is 0.315. The fraction of sp³-hybridized carbons (Fsp3) is 0.857. The highest BCUT2D eigenvalue weighted by atomic mass is 28.4. The second-order valence-corrected chi connectivity index (χ2v) is 10.1. The van der Waals surface area contributed by atoms with Gasteiger partial charge in [-0.15, -0.1) is 0 Å². The molecule has 0 amide bonds. The fourth-order valence-electron chi connectivity index (χ4n) is 3.18. The molecule has 0 aliphatic heterocycles. The first-order valence-electron chi connectivity index (χ1n) is 10.6. The Labute approximate surface area is 168 Å². The lowest BCUT2D eigenvalue weighted by Gasteiger charge is -2.24. The van der Waals surface area contributed by atoms with Crippen molar-refractivity contribution in [2.24, 2.45) is 0 Å². The Morgan fingerprint density at radius 2 is 1.07 bits per heavy atom. The maximum absolute atomic E-state index is 10.9. The van der Waals surface area contributed by atoms with Gasteiger partial charge in [-0.05, 0) is 12.8 Å². The number of esters is 1. The van der Waals surface area contributed by atoms with Gasteiger partial charge in [-0.2, -0.15) is 0 Å². The maximum Gasteiger partial charge on any atom is 0.500 e. The van der Waals surface area contributed by atoms with Crippen molar-refractivity contribution in [1.29, 1.82) is 0 Å². The van der Waals surface area contributed by atoms with Gasteiger partial charge in [-0.25, -0.2) is 4.79 Å². The van der Waals surface area contributed by atoms with E-state index in [9.17, 15) is 4.79 Å². The van der Waals surface area contributed by atoms with E-state index in [1.165, 1.54) is 70.3 Å². The van der Waals surface area contributed by atoms with Crippen LogP contribution in [0.1, 0.15) is 83.5 Å². The molecule has 0 aromatic carbocycles. The zero-order chi connectivity index (χ0) is 20.2. The van der Waals surface area contributed by atoms with Crippen molar-refractivity contribution in [3.63, 3.8) is 0 Å². The van der Waals surface area contributed by atoms with E-state index < -0.39 is 8.80 Å². The molecule has 0 aliphatic carbocycles. The standard InChI is InChI=1S/C21H42O5Si/c1-5-21(22)26-19-17-15-13-11-9-7-6-8-10-12-14-16-18-20-27(23-2,24-3)25-4/h5H,1,6-20H2,2-4H3. The summed E-state index contributed by atoms with van der Waals surface area (Å²) in [6.45, 7) is 3.90. The summed E-state index contributed by atoms with van der Waals surface area (Å²) in [7, 11) is 2.69. The van der Waals surface area contributed by atoms with Crippen LogP contribution in [0.25, 0.3) is 0 Å². The largest absolute Gasteiger partial charge is 0.500 e. The predicted octanol–water partition coefficient (Wildman–Crippen LogP) is 5.67. The Bertz CT molecular complexity index is 350. The van der Waals surface area contributed by atoms with Crippen LogP contribution >= 0.6 is 0 Å². The average Bonchev–Trinajstić information content (AvgIpc) is 2.70. The molecule has 0 aliphatic rings. The topological polar surface area (TPSA) is 54.0 Å². The number of carbonyl (C=O) groups is 1. The molecular formula is C21H42O5Si. The van der Waals surface area contributed by atoms with Crippen LogP contribution in [0.5, 0.6) is 0 Å². The molecule has 0 aromatic heterocycles. The van der Waals surface area contributed by atoms with Gasteiger partial charge in [0.05, 0.1) is 6.61 Å². The summed E-state index contributed by atoms with van der Waals surface area (Å²) in [5.41, 5.74) is 0. The number of hydrogen-bond acceptors (Lipinski definition) is 5. The average molecular weight is 403 g/mol. The molecule has 0 heterocycles. The lowest BCUT2D eigenvalue weighted by molar-refractivity contribution is -0.137. The van der Waals surface area contributed by atoms with Crippen LogP contribution in [0.2, 0.25) is 6.04 Å². The highest BCUT2D eigenvalue weighted by Gasteiger charge is 2.36. The van der Waals surface area contributed by atoms with E-state index in [4.69, 9.17) is 18.0 Å². The molecule has 5 nitrogen and oxygen atoms in total. The van der Waals surface area contributed by atoms with Crippen LogP contribution in [0.4, 0.5) is 0 Å². The van der Waals surface area contributed by atoms with Gasteiger partial charge in [0.25, 0.3) is 0 Å². The highest BCUT2D eigenvalue weighted by Crippen LogP contribution is 2.18. The molecule has 0 saturated carbocycles. The number of carbonyl (C=O) groups excluding carboxylic acids is 1. The molecule has 0 saturated heterocycles. The minimum atomic E-state index is -2.36. The van der Waals surface area contributed by atoms with E-state index in [-0.39, 0.29) is 5.97 Å². The summed E-state index contributed by atoms with van der Waals surface area (Å²) in [5.74, 6) is -0.315. The molecule has 0 aromatic rings. The lowest BCUT2D eigenvalue weighted by Crippen LogP contribution is -2.42. The fourth-order valence-corrected chi connectivity index (χ4v) is 4.97. The highest BCUT2D eigenvalue weighted by molar-refractivity contribution is 6.60. The molecule has 0 spiro atoms. The SMILES string of the molecule is C=CC(=O)OCCCCCCCCCCCCCCC[Si](OC)(OC)OC. The molecule has 6 heteroatoms. The summed E-state index contributed by atoms with van der Waals surface area (Å²) in [4.78, 5) is 10.9. The zero-order valence-corrected chi connectivity index (χ0v) is 18.9. The van der Waals surface area contributed by atoms with E-state index in [0.717, 1.165) is 25.3 Å². The summed E-state index contributed by atoms with van der Waals surface area (Å²) in [6, 6.07) is 0.910. The Hall–Kier alpha value is -0.693. The predicted molar refractivity (Wildman–Crippen MR) is 113 cm³/mol. The van der Waals surface area contributed by atoms with Gasteiger partial charge < -0.3 is 18.0 Å². The normalized spacial score (nSPS) is 11.5. The molecule has 0 atom stereocenters. The lowest BCUT2D eigenvalue weighted by atomic mass is 10.0. The number of hydrogen-bond donors (Lipinski definition) is 0. The summed E-state index contributed by atoms with van der Waals surface area (Å²) < 4.78 is 21.3. The maximum atomic E-state index is 10.9. The number of rotatable bonds is 20. The number of unbranched alkanes of at least 4 members (excludes halogenated alkanes) is 12. The Balaban J connectivity index is 3.25. The van der Waals surface area contributed by atoms with Crippen molar-refractivity contribution >= 4 is 14.8 Å². The summed E-state index contributed by atoms with van der Waals surface area (Å²) >= 11 is 0. The molecule has 0 unspecified atom stereocenters. The van der Waals surface area contributed by atoms with Crippen molar-refractivity contribution in [1.82, 2.24) is 0 Å². The molecule has 160 valence electrons. The van der Waals surface area contributed by atoms with Gasteiger partial charge in [0.2, 0.25) is 0 Å². The van der Waals surface area contributed by atoms with Crippen molar-refractivity contribution in [2.45, 2.75) is 89.5 Å². The van der Waals surface area contributed by atoms with Gasteiger partial charge >= 0.3 is 14.8 Å². The first kappa shape index (κ1) is 26.3. The molecule has 0 rings (SSSR count). The Morgan fingerprint density at radius 1 is 0.704 bits per heavy atom. The van der Waals surface area contributed by atoms with Crippen LogP contribution in [0.15, 0.2) is 12.7 Å². The van der Waals surface area contributed by atoms with E-state index in [2.05, 4.69) is 6.58 Å². The van der Waals surface area contributed by atoms with Crippen LogP contribution in [-0.2, 0) is 22.8 Å². The van der Waals surface area contributed by atoms with Gasteiger partial charge in [-0.3, -0.25) is 0 Å². The third kappa shape index (κ3) is 15.0. The molecule has 0 radical (unpaired) electrons. The van der Waals surface area contributed by atoms with Crippen LogP contribution in [0.3, 0.4) is 0 Å². The van der Waals surface area contributed by atoms with Crippen LogP contribution in [-0.4, -0.2) is 42.7 Å². The third-order valence-electron chi connectivity index (χ3n) is 4.97. The molecule has 0 fully saturated rings. The molecule has 27 heavy (non-hydrogen) atoms. The van der Waals surface area contributed by atoms with Gasteiger partial charge in [0.1, 0.15) is 0 Å². The van der Waals surface area contributed by atoms with Crippen molar-refractivity contribution in [3.05, 3.63) is 12.7 Å². The van der Waals surface area contributed by atoms with Crippen LogP contribution < -0.4 is 0 Å². The van der Waals surface area contributed by atoms with E-state index in [1.807, 2.05) is 0 Å². The van der Waals surface area contributed by atoms with Gasteiger partial charge in [-0.1, -0.05) is 77.2 Å². The second-order valence-electron chi connectivity index (χ2n) is 7.01. The minimum Gasteiger partial charge on any atom is -0.463 e. The first-order valence-corrected chi connectivity index (χ1v) is 12.5. The number of ether oxygens (including phenoxy) is 1. The van der Waals surface area contributed by atoms with Crippen molar-refractivity contribution in [2.75, 3.05) is 27.9 Å². The van der Waals surface area contributed by atoms with Crippen molar-refractivity contribution in [3.8, 4) is 0 Å². The summed E-state index contributed by atoms with van der Waals surface area (Å²) in [6.07, 6.45) is 17.5. The first-order chi connectivity index (χ1) is 13.1. The van der Waals surface area contributed by atoms with E-state index in [0.29, 0.717) is 6.61 Å². The summed E-state index contributed by atoms with van der Waals surface area (Å²) in [5, 5.41) is 0. The Morgan fingerprint density at radius 3 is 1.44 bits per heavy atom. The van der Waals surface area contributed by atoms with Gasteiger partial charge in [0, 0.05) is 33.4 Å². The van der Waals surface area contributed by atoms with Crippen LogP contribution in [0, 0.1) is 0 Å². The molecular weight excluding hydrogens is 360 g/mol. The smallest absolute Gasteiger partial charge is 0.463 e. The molecule has 0 N–H and O–H groups in total. The monoisotopic (exact) mass is 402 g/mol. The van der Waals surface area contributed by atoms with Gasteiger partial charge in [0.15, 0.2) is 0 Å². The zero-order valence-electron chi connectivity index (χ0n) is 17.9. The Kier molecular flexibility index (Phi) is 18.2. The third-order valence-corrected chi connectivity index (χ3v) is 7.80. The second kappa shape index (κ2) is 18.7. The molecule has 0 bridgehead atoms. The quantitative estimate of drug-likeness (QED) is 0.114. The van der Waals surface area contributed by atoms with E-state index in [1.54, 1.807) is 21.3 Å².